The predicted octanol–water partition coefficient (Wildman–Crippen LogP) is 3.74. The minimum Gasteiger partial charge on any atom is -0.488 e. The van der Waals surface area contributed by atoms with Gasteiger partial charge in [0, 0.05) is 6.54 Å². The van der Waals surface area contributed by atoms with Gasteiger partial charge >= 0.3 is 6.03 Å². The maximum absolute atomic E-state index is 13.5. The molecule has 0 bridgehead atoms. The van der Waals surface area contributed by atoms with E-state index in [2.05, 4.69) is 10.6 Å². The van der Waals surface area contributed by atoms with Gasteiger partial charge in [-0.3, -0.25) is 0 Å². The van der Waals surface area contributed by atoms with Crippen molar-refractivity contribution in [2.75, 3.05) is 13.2 Å². The molecule has 2 aromatic carbocycles. The van der Waals surface area contributed by atoms with Crippen LogP contribution in [0, 0.1) is 5.82 Å². The van der Waals surface area contributed by atoms with Crippen molar-refractivity contribution >= 4 is 6.03 Å². The molecule has 0 aliphatic carbocycles. The number of alkyl halides is 2. The Labute approximate surface area is 155 Å². The molecule has 2 N–H and O–H groups in total. The second-order valence-electron chi connectivity index (χ2n) is 5.82. The first-order chi connectivity index (χ1) is 12.9. The highest BCUT2D eigenvalue weighted by atomic mass is 19.3. The summed E-state index contributed by atoms with van der Waals surface area (Å²) in [5.74, 6) is -0.0445. The quantitative estimate of drug-likeness (QED) is 0.695. The summed E-state index contributed by atoms with van der Waals surface area (Å²) in [6.07, 6.45) is -2.55. The molecular formula is C19H21F3N2O3. The van der Waals surface area contributed by atoms with E-state index in [9.17, 15) is 18.0 Å². The van der Waals surface area contributed by atoms with Crippen molar-refractivity contribution in [2.24, 2.45) is 0 Å². The maximum Gasteiger partial charge on any atom is 0.315 e. The molecule has 1 unspecified atom stereocenters. The summed E-state index contributed by atoms with van der Waals surface area (Å²) < 4.78 is 48.1. The van der Waals surface area contributed by atoms with E-state index in [0.29, 0.717) is 11.3 Å². The van der Waals surface area contributed by atoms with Gasteiger partial charge in [0.25, 0.3) is 6.43 Å². The number of carbonyl (C=O) groups excluding carboxylic acids is 1. The highest BCUT2D eigenvalue weighted by Gasteiger charge is 2.10. The van der Waals surface area contributed by atoms with E-state index >= 15 is 0 Å². The fraction of sp³-hybridized carbons (Fsp3) is 0.316. The number of hydrogen-bond donors (Lipinski definition) is 2. The van der Waals surface area contributed by atoms with Crippen LogP contribution in [-0.2, 0) is 6.54 Å². The molecule has 0 aliphatic rings. The molecule has 0 heterocycles. The zero-order chi connectivity index (χ0) is 19.6. The topological polar surface area (TPSA) is 59.6 Å². The number of benzene rings is 2. The lowest BCUT2D eigenvalue weighted by Crippen LogP contribution is -2.43. The van der Waals surface area contributed by atoms with Gasteiger partial charge in [0.2, 0.25) is 0 Å². The Balaban J connectivity index is 1.74. The van der Waals surface area contributed by atoms with E-state index in [4.69, 9.17) is 9.47 Å². The molecule has 2 aromatic rings. The fourth-order valence-electron chi connectivity index (χ4n) is 2.18. The van der Waals surface area contributed by atoms with Crippen LogP contribution in [0.4, 0.5) is 18.0 Å². The number of para-hydroxylation sites is 1. The summed E-state index contributed by atoms with van der Waals surface area (Å²) >= 11 is 0. The maximum atomic E-state index is 13.5. The van der Waals surface area contributed by atoms with Crippen LogP contribution in [0.5, 0.6) is 11.5 Å². The normalized spacial score (nSPS) is 11.7. The minimum absolute atomic E-state index is 0.102. The zero-order valence-electron chi connectivity index (χ0n) is 14.8. The Morgan fingerprint density at radius 3 is 2.59 bits per heavy atom. The van der Waals surface area contributed by atoms with Crippen molar-refractivity contribution in [3.05, 3.63) is 59.9 Å². The third kappa shape index (κ3) is 7.47. The van der Waals surface area contributed by atoms with Crippen molar-refractivity contribution in [2.45, 2.75) is 25.9 Å². The van der Waals surface area contributed by atoms with Crippen molar-refractivity contribution in [3.8, 4) is 11.5 Å². The van der Waals surface area contributed by atoms with Gasteiger partial charge in [-0.05, 0) is 36.8 Å². The molecular weight excluding hydrogens is 361 g/mol. The molecule has 0 radical (unpaired) electrons. The molecule has 0 spiro atoms. The number of rotatable bonds is 9. The van der Waals surface area contributed by atoms with Crippen molar-refractivity contribution in [1.29, 1.82) is 0 Å². The van der Waals surface area contributed by atoms with Crippen LogP contribution in [-0.4, -0.2) is 31.7 Å². The van der Waals surface area contributed by atoms with E-state index in [-0.39, 0.29) is 24.9 Å². The number of nitrogens with one attached hydrogen (secondary N) is 2. The number of urea groups is 1. The lowest BCUT2D eigenvalue weighted by Gasteiger charge is -2.16. The lowest BCUT2D eigenvalue weighted by molar-refractivity contribution is 0.0818. The van der Waals surface area contributed by atoms with Crippen LogP contribution in [0.15, 0.2) is 48.5 Å². The second kappa shape index (κ2) is 10.3. The van der Waals surface area contributed by atoms with Gasteiger partial charge in [0.1, 0.15) is 19.0 Å². The average Bonchev–Trinajstić information content (AvgIpc) is 2.64. The van der Waals surface area contributed by atoms with Gasteiger partial charge in [0.15, 0.2) is 11.6 Å². The smallest absolute Gasteiger partial charge is 0.315 e. The highest BCUT2D eigenvalue weighted by Crippen LogP contribution is 2.16. The van der Waals surface area contributed by atoms with Gasteiger partial charge in [0.05, 0.1) is 6.04 Å². The van der Waals surface area contributed by atoms with Gasteiger partial charge in [-0.25, -0.2) is 18.0 Å². The summed E-state index contributed by atoms with van der Waals surface area (Å²) in [4.78, 5) is 11.9. The van der Waals surface area contributed by atoms with Crippen LogP contribution in [0.2, 0.25) is 0 Å². The minimum atomic E-state index is -2.55. The largest absolute Gasteiger partial charge is 0.488 e. The van der Waals surface area contributed by atoms with Gasteiger partial charge in [-0.15, -0.1) is 0 Å². The van der Waals surface area contributed by atoms with Crippen LogP contribution >= 0.6 is 0 Å². The van der Waals surface area contributed by atoms with Crippen molar-refractivity contribution in [1.82, 2.24) is 10.6 Å². The summed E-state index contributed by atoms with van der Waals surface area (Å²) in [7, 11) is 0. The van der Waals surface area contributed by atoms with Crippen LogP contribution < -0.4 is 20.1 Å². The number of ether oxygens (including phenoxy) is 2. The molecule has 0 saturated heterocycles. The Bertz CT molecular complexity index is 744. The van der Waals surface area contributed by atoms with E-state index in [1.807, 2.05) is 0 Å². The van der Waals surface area contributed by atoms with Crippen LogP contribution in [0.25, 0.3) is 0 Å². The third-order valence-corrected chi connectivity index (χ3v) is 3.43. The standard InChI is InChI=1S/C19H21F3N2O3/c1-13(11-27-17-8-3-2-7-16(17)20)24-19(25)23-10-14-5-4-6-15(9-14)26-12-18(21)22/h2-9,13,18H,10-12H2,1H3,(H2,23,24,25). The molecule has 0 fully saturated rings. The molecule has 0 saturated carbocycles. The first kappa shape index (κ1) is 20.4. The highest BCUT2D eigenvalue weighted by molar-refractivity contribution is 5.74. The molecule has 2 rings (SSSR count). The van der Waals surface area contributed by atoms with Gasteiger partial charge in [-0.1, -0.05) is 24.3 Å². The van der Waals surface area contributed by atoms with E-state index in [1.165, 1.54) is 12.1 Å². The molecule has 27 heavy (non-hydrogen) atoms. The summed E-state index contributed by atoms with van der Waals surface area (Å²) in [6, 6.07) is 11.8. The molecule has 5 nitrogen and oxygen atoms in total. The summed E-state index contributed by atoms with van der Waals surface area (Å²) in [5.41, 5.74) is 0.701. The third-order valence-electron chi connectivity index (χ3n) is 3.43. The zero-order valence-corrected chi connectivity index (χ0v) is 14.8. The monoisotopic (exact) mass is 382 g/mol. The van der Waals surface area contributed by atoms with Crippen LogP contribution in [0.3, 0.4) is 0 Å². The number of hydrogen-bond acceptors (Lipinski definition) is 3. The lowest BCUT2D eigenvalue weighted by atomic mass is 10.2. The Hall–Kier alpha value is -2.90. The second-order valence-corrected chi connectivity index (χ2v) is 5.82. The molecule has 0 aromatic heterocycles. The Morgan fingerprint density at radius 1 is 1.07 bits per heavy atom. The predicted molar refractivity (Wildman–Crippen MR) is 94.7 cm³/mol. The molecule has 146 valence electrons. The number of halogens is 3. The van der Waals surface area contributed by atoms with Crippen LogP contribution in [0.1, 0.15) is 12.5 Å². The van der Waals surface area contributed by atoms with Crippen molar-refractivity contribution < 1.29 is 27.4 Å². The molecule has 2 amide bonds. The van der Waals surface area contributed by atoms with E-state index in [1.54, 1.807) is 43.3 Å². The number of carbonyl (C=O) groups is 1. The van der Waals surface area contributed by atoms with Crippen molar-refractivity contribution in [3.63, 3.8) is 0 Å². The number of amides is 2. The summed E-state index contributed by atoms with van der Waals surface area (Å²) in [6.45, 7) is 1.33. The Morgan fingerprint density at radius 2 is 1.85 bits per heavy atom. The van der Waals surface area contributed by atoms with Gasteiger partial charge < -0.3 is 20.1 Å². The first-order valence-corrected chi connectivity index (χ1v) is 8.35. The SMILES string of the molecule is CC(COc1ccccc1F)NC(=O)NCc1cccc(OCC(F)F)c1. The van der Waals surface area contributed by atoms with Gasteiger partial charge in [-0.2, -0.15) is 0 Å². The van der Waals surface area contributed by atoms with E-state index in [0.717, 1.165) is 0 Å². The Kier molecular flexibility index (Phi) is 7.79. The molecule has 8 heteroatoms. The molecule has 1 atom stereocenters. The average molecular weight is 382 g/mol. The summed E-state index contributed by atoms with van der Waals surface area (Å²) in [5, 5.41) is 5.31. The first-order valence-electron chi connectivity index (χ1n) is 8.35. The molecule has 0 aliphatic heterocycles. The van der Waals surface area contributed by atoms with E-state index < -0.39 is 24.9 Å². The fourth-order valence-corrected chi connectivity index (χ4v) is 2.18.